The van der Waals surface area contributed by atoms with E-state index in [1.165, 1.54) is 0 Å². The van der Waals surface area contributed by atoms with Crippen molar-refractivity contribution in [1.82, 2.24) is 9.78 Å². The summed E-state index contributed by atoms with van der Waals surface area (Å²) in [6.07, 6.45) is 3.69. The lowest BCUT2D eigenvalue weighted by atomic mass is 10.0. The van der Waals surface area contributed by atoms with Crippen molar-refractivity contribution in [1.29, 1.82) is 0 Å². The lowest BCUT2D eigenvalue weighted by Gasteiger charge is -2.12. The highest BCUT2D eigenvalue weighted by Crippen LogP contribution is 2.23. The van der Waals surface area contributed by atoms with Crippen molar-refractivity contribution in [3.63, 3.8) is 0 Å². The van der Waals surface area contributed by atoms with Gasteiger partial charge in [-0.2, -0.15) is 5.10 Å². The zero-order valence-corrected chi connectivity index (χ0v) is 10.1. The van der Waals surface area contributed by atoms with Crippen LogP contribution in [0.2, 0.25) is 0 Å². The van der Waals surface area contributed by atoms with E-state index in [0.29, 0.717) is 6.54 Å². The van der Waals surface area contributed by atoms with Crippen LogP contribution in [0.4, 0.5) is 0 Å². The lowest BCUT2D eigenvalue weighted by molar-refractivity contribution is 0.407. The van der Waals surface area contributed by atoms with Crippen LogP contribution in [0.15, 0.2) is 36.7 Å². The minimum absolute atomic E-state index is 0.0253. The van der Waals surface area contributed by atoms with Crippen LogP contribution in [0.1, 0.15) is 24.1 Å². The van der Waals surface area contributed by atoms with Gasteiger partial charge in [0.2, 0.25) is 0 Å². The highest BCUT2D eigenvalue weighted by molar-refractivity contribution is 5.38. The minimum atomic E-state index is 0.0253. The Morgan fingerprint density at radius 3 is 2.88 bits per heavy atom. The summed E-state index contributed by atoms with van der Waals surface area (Å²) in [7, 11) is 1.67. The number of ether oxygens (including phenoxy) is 1. The zero-order chi connectivity index (χ0) is 12.3. The number of hydrogen-bond donors (Lipinski definition) is 1. The summed E-state index contributed by atoms with van der Waals surface area (Å²) in [5.41, 5.74) is 8.08. The molecule has 2 aromatic rings. The third-order valence-corrected chi connectivity index (χ3v) is 2.72. The van der Waals surface area contributed by atoms with E-state index in [1.807, 2.05) is 36.0 Å². The van der Waals surface area contributed by atoms with Gasteiger partial charge in [0, 0.05) is 24.0 Å². The van der Waals surface area contributed by atoms with E-state index < -0.39 is 0 Å². The molecule has 0 aliphatic rings. The van der Waals surface area contributed by atoms with Crippen LogP contribution in [0, 0.1) is 0 Å². The second-order valence-electron chi connectivity index (χ2n) is 4.06. The minimum Gasteiger partial charge on any atom is -0.496 e. The summed E-state index contributed by atoms with van der Waals surface area (Å²) >= 11 is 0. The van der Waals surface area contributed by atoms with Crippen molar-refractivity contribution in [2.24, 2.45) is 5.73 Å². The molecule has 0 amide bonds. The molecule has 1 aromatic carbocycles. The first kappa shape index (κ1) is 11.7. The Labute approximate surface area is 101 Å². The van der Waals surface area contributed by atoms with Gasteiger partial charge in [0.15, 0.2) is 0 Å². The van der Waals surface area contributed by atoms with Crippen molar-refractivity contribution in [3.8, 4) is 5.75 Å². The fourth-order valence-electron chi connectivity index (χ4n) is 1.77. The molecule has 2 rings (SSSR count). The Morgan fingerprint density at radius 1 is 1.47 bits per heavy atom. The van der Waals surface area contributed by atoms with Gasteiger partial charge in [0.1, 0.15) is 5.75 Å². The van der Waals surface area contributed by atoms with Crippen molar-refractivity contribution >= 4 is 0 Å². The van der Waals surface area contributed by atoms with E-state index in [2.05, 4.69) is 11.2 Å². The number of nitrogens with zero attached hydrogens (tertiary/aromatic N) is 2. The molecule has 1 heterocycles. The van der Waals surface area contributed by atoms with Gasteiger partial charge in [0.05, 0.1) is 13.7 Å². The van der Waals surface area contributed by atoms with E-state index in [4.69, 9.17) is 10.5 Å². The first-order valence-electron chi connectivity index (χ1n) is 5.60. The number of nitrogens with two attached hydrogens (primary N) is 1. The number of aromatic nitrogens is 2. The van der Waals surface area contributed by atoms with Gasteiger partial charge < -0.3 is 10.5 Å². The average molecular weight is 231 g/mol. The molecular weight excluding hydrogens is 214 g/mol. The van der Waals surface area contributed by atoms with Crippen molar-refractivity contribution < 1.29 is 4.74 Å². The Bertz CT molecular complexity index is 477. The maximum absolute atomic E-state index is 5.88. The molecule has 0 saturated carbocycles. The number of methoxy groups -OCH3 is 1. The van der Waals surface area contributed by atoms with Gasteiger partial charge in [-0.15, -0.1) is 0 Å². The van der Waals surface area contributed by atoms with Gasteiger partial charge in [-0.25, -0.2) is 0 Å². The van der Waals surface area contributed by atoms with E-state index in [0.717, 1.165) is 16.9 Å². The normalized spacial score (nSPS) is 12.4. The third-order valence-electron chi connectivity index (χ3n) is 2.72. The number of hydrogen-bond acceptors (Lipinski definition) is 3. The van der Waals surface area contributed by atoms with E-state index in [1.54, 1.807) is 13.3 Å². The molecule has 0 spiro atoms. The maximum Gasteiger partial charge on any atom is 0.123 e. The van der Waals surface area contributed by atoms with Gasteiger partial charge in [0.25, 0.3) is 0 Å². The standard InChI is InChI=1S/C13H17N3O/c1-10(14)11-4-5-13(17-2)12(8-11)9-16-7-3-6-15-16/h3-8,10H,9,14H2,1-2H3. The molecule has 0 bridgehead atoms. The Morgan fingerprint density at radius 2 is 2.29 bits per heavy atom. The smallest absolute Gasteiger partial charge is 0.123 e. The highest BCUT2D eigenvalue weighted by atomic mass is 16.5. The van der Waals surface area contributed by atoms with E-state index in [-0.39, 0.29) is 6.04 Å². The van der Waals surface area contributed by atoms with Crippen LogP contribution >= 0.6 is 0 Å². The van der Waals surface area contributed by atoms with Crippen LogP contribution in [0.3, 0.4) is 0 Å². The van der Waals surface area contributed by atoms with E-state index in [9.17, 15) is 0 Å². The van der Waals surface area contributed by atoms with Crippen molar-refractivity contribution in [3.05, 3.63) is 47.8 Å². The molecule has 17 heavy (non-hydrogen) atoms. The first-order chi connectivity index (χ1) is 8.20. The monoisotopic (exact) mass is 231 g/mol. The summed E-state index contributed by atoms with van der Waals surface area (Å²) in [5, 5.41) is 4.19. The second kappa shape index (κ2) is 5.01. The number of benzene rings is 1. The molecule has 0 fully saturated rings. The van der Waals surface area contributed by atoms with Crippen LogP contribution < -0.4 is 10.5 Å². The average Bonchev–Trinajstić information content (AvgIpc) is 2.81. The topological polar surface area (TPSA) is 53.1 Å². The quantitative estimate of drug-likeness (QED) is 0.875. The predicted molar refractivity (Wildman–Crippen MR) is 66.9 cm³/mol. The maximum atomic E-state index is 5.88. The van der Waals surface area contributed by atoms with Crippen LogP contribution in [-0.2, 0) is 6.54 Å². The molecule has 0 saturated heterocycles. The van der Waals surface area contributed by atoms with Gasteiger partial charge in [-0.05, 0) is 30.7 Å². The SMILES string of the molecule is COc1ccc(C(C)N)cc1Cn1cccn1. The van der Waals surface area contributed by atoms with Gasteiger partial charge in [-0.1, -0.05) is 6.07 Å². The fraction of sp³-hybridized carbons (Fsp3) is 0.308. The summed E-state index contributed by atoms with van der Waals surface area (Å²) < 4.78 is 7.21. The molecule has 1 atom stereocenters. The van der Waals surface area contributed by atoms with Crippen molar-refractivity contribution in [2.75, 3.05) is 7.11 Å². The second-order valence-corrected chi connectivity index (χ2v) is 4.06. The largest absolute Gasteiger partial charge is 0.496 e. The summed E-state index contributed by atoms with van der Waals surface area (Å²) in [6, 6.07) is 7.96. The van der Waals surface area contributed by atoms with Crippen molar-refractivity contribution in [2.45, 2.75) is 19.5 Å². The molecule has 4 nitrogen and oxygen atoms in total. The molecule has 1 unspecified atom stereocenters. The molecule has 0 aliphatic carbocycles. The predicted octanol–water partition coefficient (Wildman–Crippen LogP) is 1.96. The zero-order valence-electron chi connectivity index (χ0n) is 10.1. The van der Waals surface area contributed by atoms with Crippen LogP contribution in [0.25, 0.3) is 0 Å². The van der Waals surface area contributed by atoms with Gasteiger partial charge >= 0.3 is 0 Å². The van der Waals surface area contributed by atoms with Crippen LogP contribution in [-0.4, -0.2) is 16.9 Å². The molecular formula is C13H17N3O. The first-order valence-corrected chi connectivity index (χ1v) is 5.60. The molecule has 0 aliphatic heterocycles. The number of rotatable bonds is 4. The Balaban J connectivity index is 2.32. The third kappa shape index (κ3) is 2.65. The molecule has 0 radical (unpaired) electrons. The molecule has 90 valence electrons. The summed E-state index contributed by atoms with van der Waals surface area (Å²) in [6.45, 7) is 2.66. The fourth-order valence-corrected chi connectivity index (χ4v) is 1.77. The Hall–Kier alpha value is -1.81. The summed E-state index contributed by atoms with van der Waals surface area (Å²) in [5.74, 6) is 0.866. The highest BCUT2D eigenvalue weighted by Gasteiger charge is 2.07. The van der Waals surface area contributed by atoms with E-state index >= 15 is 0 Å². The molecule has 4 heteroatoms. The van der Waals surface area contributed by atoms with Gasteiger partial charge in [-0.3, -0.25) is 4.68 Å². The molecule has 1 aromatic heterocycles. The summed E-state index contributed by atoms with van der Waals surface area (Å²) in [4.78, 5) is 0. The van der Waals surface area contributed by atoms with Crippen LogP contribution in [0.5, 0.6) is 5.75 Å². The Kier molecular flexibility index (Phi) is 3.44. The lowest BCUT2D eigenvalue weighted by Crippen LogP contribution is -2.08. The molecule has 2 N–H and O–H groups in total.